The quantitative estimate of drug-likeness (QED) is 0.937. The molecule has 0 aromatic carbocycles. The number of pyridine rings is 1. The number of hydrogen-bond acceptors (Lipinski definition) is 4. The van der Waals surface area contributed by atoms with Crippen molar-refractivity contribution in [1.82, 2.24) is 4.98 Å². The summed E-state index contributed by atoms with van der Waals surface area (Å²) in [6, 6.07) is 5.34. The van der Waals surface area contributed by atoms with Gasteiger partial charge >= 0.3 is 5.97 Å². The maximum Gasteiger partial charge on any atom is 0.337 e. The van der Waals surface area contributed by atoms with Gasteiger partial charge in [-0.15, -0.1) is 11.3 Å². The molecule has 2 rings (SSSR count). The second-order valence-electron chi connectivity index (χ2n) is 3.80. The van der Waals surface area contributed by atoms with E-state index in [9.17, 15) is 4.79 Å². The lowest BCUT2D eigenvalue weighted by Gasteiger charge is -2.16. The summed E-state index contributed by atoms with van der Waals surface area (Å²) in [4.78, 5) is 18.1. The summed E-state index contributed by atoms with van der Waals surface area (Å²) in [5.41, 5.74) is 0.200. The molecule has 18 heavy (non-hydrogen) atoms. The number of carboxylic acids is 1. The molecule has 0 bridgehead atoms. The van der Waals surface area contributed by atoms with Crippen LogP contribution >= 0.6 is 27.3 Å². The Bertz CT molecular complexity index is 553. The largest absolute Gasteiger partial charge is 0.478 e. The topological polar surface area (TPSA) is 53.4 Å². The summed E-state index contributed by atoms with van der Waals surface area (Å²) in [5, 5.41) is 10.8. The maximum absolute atomic E-state index is 10.7. The van der Waals surface area contributed by atoms with Gasteiger partial charge in [0.2, 0.25) is 0 Å². The third kappa shape index (κ3) is 3.08. The van der Waals surface area contributed by atoms with Crippen LogP contribution < -0.4 is 4.90 Å². The first-order valence-electron chi connectivity index (χ1n) is 5.19. The Labute approximate surface area is 117 Å². The minimum Gasteiger partial charge on any atom is -0.478 e. The van der Waals surface area contributed by atoms with Gasteiger partial charge in [0.15, 0.2) is 0 Å². The van der Waals surface area contributed by atoms with E-state index in [1.807, 2.05) is 17.3 Å². The Morgan fingerprint density at radius 1 is 1.56 bits per heavy atom. The minimum atomic E-state index is -0.959. The summed E-state index contributed by atoms with van der Waals surface area (Å²) in [6.07, 6.45) is 1.37. The van der Waals surface area contributed by atoms with E-state index < -0.39 is 5.97 Å². The monoisotopic (exact) mass is 326 g/mol. The van der Waals surface area contributed by atoms with Crippen LogP contribution in [-0.2, 0) is 6.54 Å². The lowest BCUT2D eigenvalue weighted by Crippen LogP contribution is -2.17. The van der Waals surface area contributed by atoms with Crippen molar-refractivity contribution < 1.29 is 9.90 Å². The maximum atomic E-state index is 10.7. The normalized spacial score (nSPS) is 10.3. The molecule has 0 unspecified atom stereocenters. The molecule has 94 valence electrons. The number of nitrogens with zero attached hydrogens (tertiary/aromatic N) is 2. The van der Waals surface area contributed by atoms with E-state index in [0.29, 0.717) is 0 Å². The third-order valence-electron chi connectivity index (χ3n) is 2.40. The number of aromatic carboxylic acids is 1. The zero-order valence-electron chi connectivity index (χ0n) is 9.63. The van der Waals surface area contributed by atoms with Gasteiger partial charge in [0, 0.05) is 28.0 Å². The molecule has 4 nitrogen and oxygen atoms in total. The number of anilines is 1. The molecule has 0 aliphatic carbocycles. The van der Waals surface area contributed by atoms with Crippen molar-refractivity contribution in [2.75, 3.05) is 11.9 Å². The third-order valence-corrected chi connectivity index (χ3v) is 4.08. The number of carbonyl (C=O) groups is 1. The van der Waals surface area contributed by atoms with Crippen LogP contribution in [0.15, 0.2) is 34.2 Å². The molecule has 6 heteroatoms. The van der Waals surface area contributed by atoms with Crippen LogP contribution in [0.25, 0.3) is 0 Å². The fraction of sp³-hybridized carbons (Fsp3) is 0.167. The molecule has 0 fully saturated rings. The molecule has 2 aromatic heterocycles. The highest BCUT2D eigenvalue weighted by Gasteiger charge is 2.07. The highest BCUT2D eigenvalue weighted by molar-refractivity contribution is 9.10. The Hall–Kier alpha value is -1.40. The van der Waals surface area contributed by atoms with Crippen LogP contribution in [0.2, 0.25) is 0 Å². The minimum absolute atomic E-state index is 0.200. The van der Waals surface area contributed by atoms with Crippen LogP contribution in [0.5, 0.6) is 0 Å². The molecule has 2 aromatic rings. The predicted molar refractivity (Wildman–Crippen MR) is 75.3 cm³/mol. The van der Waals surface area contributed by atoms with Gasteiger partial charge in [0.25, 0.3) is 0 Å². The van der Waals surface area contributed by atoms with Gasteiger partial charge < -0.3 is 10.0 Å². The molecule has 2 heterocycles. The van der Waals surface area contributed by atoms with Crippen LogP contribution in [0.3, 0.4) is 0 Å². The van der Waals surface area contributed by atoms with Gasteiger partial charge in [-0.2, -0.15) is 0 Å². The Morgan fingerprint density at radius 2 is 2.33 bits per heavy atom. The van der Waals surface area contributed by atoms with E-state index >= 15 is 0 Å². The average Bonchev–Trinajstić information content (AvgIpc) is 2.75. The van der Waals surface area contributed by atoms with E-state index in [1.54, 1.807) is 23.5 Å². The highest BCUT2D eigenvalue weighted by Crippen LogP contribution is 2.22. The number of thiophene rings is 1. The summed E-state index contributed by atoms with van der Waals surface area (Å²) in [6.45, 7) is 0.746. The van der Waals surface area contributed by atoms with Gasteiger partial charge in [0.1, 0.15) is 5.82 Å². The number of rotatable bonds is 4. The second kappa shape index (κ2) is 5.49. The van der Waals surface area contributed by atoms with Crippen molar-refractivity contribution >= 4 is 39.1 Å². The van der Waals surface area contributed by atoms with Crippen molar-refractivity contribution in [3.05, 3.63) is 44.7 Å². The van der Waals surface area contributed by atoms with E-state index in [1.165, 1.54) is 11.1 Å². The first kappa shape index (κ1) is 13.0. The van der Waals surface area contributed by atoms with Crippen LogP contribution in [0, 0.1) is 0 Å². The SMILES string of the molecule is CN(Cc1cc(Br)cs1)c1ccc(C(=O)O)cn1. The van der Waals surface area contributed by atoms with Crippen molar-refractivity contribution in [2.45, 2.75) is 6.54 Å². The Balaban J connectivity index is 2.09. The Kier molecular flexibility index (Phi) is 3.98. The second-order valence-corrected chi connectivity index (χ2v) is 5.71. The molecular formula is C12H11BrN2O2S. The first-order valence-corrected chi connectivity index (χ1v) is 6.87. The number of halogens is 1. The number of hydrogen-bond donors (Lipinski definition) is 1. The van der Waals surface area contributed by atoms with Crippen molar-refractivity contribution in [3.8, 4) is 0 Å². The van der Waals surface area contributed by atoms with Crippen molar-refractivity contribution in [3.63, 3.8) is 0 Å². The molecule has 1 N–H and O–H groups in total. The summed E-state index contributed by atoms with van der Waals surface area (Å²) in [5.74, 6) is -0.205. The lowest BCUT2D eigenvalue weighted by atomic mass is 10.3. The summed E-state index contributed by atoms with van der Waals surface area (Å²) >= 11 is 5.08. The zero-order chi connectivity index (χ0) is 13.1. The summed E-state index contributed by atoms with van der Waals surface area (Å²) < 4.78 is 1.07. The molecule has 0 spiro atoms. The van der Waals surface area contributed by atoms with E-state index in [-0.39, 0.29) is 5.56 Å². The number of aromatic nitrogens is 1. The van der Waals surface area contributed by atoms with E-state index in [4.69, 9.17) is 5.11 Å². The van der Waals surface area contributed by atoms with E-state index in [0.717, 1.165) is 16.8 Å². The van der Waals surface area contributed by atoms with Crippen molar-refractivity contribution in [2.24, 2.45) is 0 Å². The molecule has 0 amide bonds. The average molecular weight is 327 g/mol. The van der Waals surface area contributed by atoms with Gasteiger partial charge in [0.05, 0.1) is 12.1 Å². The molecular weight excluding hydrogens is 316 g/mol. The Morgan fingerprint density at radius 3 is 2.83 bits per heavy atom. The predicted octanol–water partition coefficient (Wildman–Crippen LogP) is 3.24. The fourth-order valence-corrected chi connectivity index (χ4v) is 2.99. The zero-order valence-corrected chi connectivity index (χ0v) is 12.0. The van der Waals surface area contributed by atoms with Gasteiger partial charge in [-0.1, -0.05) is 0 Å². The standard InChI is InChI=1S/C12H11BrN2O2S/c1-15(6-10-4-9(13)7-18-10)11-3-2-8(5-14-11)12(16)17/h2-5,7H,6H2,1H3,(H,16,17). The molecule has 0 aliphatic heterocycles. The number of carboxylic acid groups (broad SMARTS) is 1. The van der Waals surface area contributed by atoms with Crippen LogP contribution in [0.4, 0.5) is 5.82 Å². The van der Waals surface area contributed by atoms with Gasteiger partial charge in [-0.25, -0.2) is 9.78 Å². The highest BCUT2D eigenvalue weighted by atomic mass is 79.9. The molecule has 0 saturated heterocycles. The first-order chi connectivity index (χ1) is 8.56. The molecule has 0 saturated carbocycles. The lowest BCUT2D eigenvalue weighted by molar-refractivity contribution is 0.0696. The van der Waals surface area contributed by atoms with E-state index in [2.05, 4.69) is 27.0 Å². The molecule has 0 aliphatic rings. The van der Waals surface area contributed by atoms with Crippen LogP contribution in [0.1, 0.15) is 15.2 Å². The molecule has 0 atom stereocenters. The molecule has 0 radical (unpaired) electrons. The van der Waals surface area contributed by atoms with Crippen molar-refractivity contribution in [1.29, 1.82) is 0 Å². The fourth-order valence-electron chi connectivity index (χ4n) is 1.49. The van der Waals surface area contributed by atoms with Gasteiger partial charge in [-0.3, -0.25) is 0 Å². The van der Waals surface area contributed by atoms with Gasteiger partial charge in [-0.05, 0) is 34.1 Å². The van der Waals surface area contributed by atoms with Crippen LogP contribution in [-0.4, -0.2) is 23.1 Å². The smallest absolute Gasteiger partial charge is 0.337 e. The summed E-state index contributed by atoms with van der Waals surface area (Å²) in [7, 11) is 1.93.